The number of hydrogen-bond donors (Lipinski definition) is 1. The van der Waals surface area contributed by atoms with Crippen molar-refractivity contribution in [3.05, 3.63) is 58.7 Å². The number of nitrogens with one attached hydrogen (secondary N) is 1. The van der Waals surface area contributed by atoms with Gasteiger partial charge in [-0.15, -0.1) is 0 Å². The fourth-order valence-corrected chi connectivity index (χ4v) is 2.57. The first kappa shape index (κ1) is 12.9. The molecule has 0 unspecified atom stereocenters. The highest BCUT2D eigenvalue weighted by atomic mass is 79.9. The molecule has 0 aliphatic carbocycles. The molecule has 0 atom stereocenters. The number of halogens is 1. The van der Waals surface area contributed by atoms with Crippen LogP contribution in [0.5, 0.6) is 0 Å². The summed E-state index contributed by atoms with van der Waals surface area (Å²) in [6.07, 6.45) is 1.71. The molecule has 4 nitrogen and oxygen atoms in total. The van der Waals surface area contributed by atoms with E-state index in [4.69, 9.17) is 0 Å². The number of hydrogen-bond acceptors (Lipinski definition) is 2. The van der Waals surface area contributed by atoms with Crippen molar-refractivity contribution in [2.24, 2.45) is 7.05 Å². The van der Waals surface area contributed by atoms with Crippen molar-refractivity contribution in [2.75, 3.05) is 5.32 Å². The van der Waals surface area contributed by atoms with Gasteiger partial charge in [-0.05, 0) is 24.3 Å². The molecule has 1 heterocycles. The minimum atomic E-state index is -0.143. The third-order valence-corrected chi connectivity index (χ3v) is 3.57. The van der Waals surface area contributed by atoms with Crippen LogP contribution in [0.15, 0.2) is 53.1 Å². The predicted octanol–water partition coefficient (Wildman–Crippen LogP) is 3.59. The van der Waals surface area contributed by atoms with Gasteiger partial charge in [-0.2, -0.15) is 5.10 Å². The van der Waals surface area contributed by atoms with E-state index in [1.807, 2.05) is 49.5 Å². The predicted molar refractivity (Wildman–Crippen MR) is 82.8 cm³/mol. The number of para-hydroxylation sites is 1. The lowest BCUT2D eigenvalue weighted by molar-refractivity contribution is 0.102. The zero-order chi connectivity index (χ0) is 14.1. The number of fused-ring (bicyclic) bond motifs is 1. The minimum absolute atomic E-state index is 0.143. The Bertz CT molecular complexity index is 780. The summed E-state index contributed by atoms with van der Waals surface area (Å²) in [5, 5.41) is 7.93. The lowest BCUT2D eigenvalue weighted by Gasteiger charge is -2.07. The van der Waals surface area contributed by atoms with Crippen molar-refractivity contribution < 1.29 is 4.79 Å². The minimum Gasteiger partial charge on any atom is -0.322 e. The van der Waals surface area contributed by atoms with Crippen LogP contribution in [0.4, 0.5) is 5.69 Å². The molecule has 0 spiro atoms. The van der Waals surface area contributed by atoms with Crippen LogP contribution in [0.3, 0.4) is 0 Å². The molecule has 20 heavy (non-hydrogen) atoms. The Morgan fingerprint density at radius 3 is 2.75 bits per heavy atom. The smallest absolute Gasteiger partial charge is 0.256 e. The van der Waals surface area contributed by atoms with Gasteiger partial charge in [0.15, 0.2) is 0 Å². The maximum Gasteiger partial charge on any atom is 0.256 e. The summed E-state index contributed by atoms with van der Waals surface area (Å²) in [7, 11) is 1.85. The second-order valence-electron chi connectivity index (χ2n) is 4.47. The molecule has 3 rings (SSSR count). The van der Waals surface area contributed by atoms with E-state index in [0.717, 1.165) is 21.1 Å². The van der Waals surface area contributed by atoms with Crippen molar-refractivity contribution in [1.29, 1.82) is 0 Å². The fourth-order valence-electron chi connectivity index (χ4n) is 2.12. The number of carbonyl (C=O) groups excluding carboxylic acids is 1. The molecule has 0 aliphatic rings. The van der Waals surface area contributed by atoms with E-state index in [0.29, 0.717) is 5.56 Å². The zero-order valence-corrected chi connectivity index (χ0v) is 12.4. The van der Waals surface area contributed by atoms with E-state index in [1.165, 1.54) is 0 Å². The van der Waals surface area contributed by atoms with Crippen molar-refractivity contribution in [2.45, 2.75) is 0 Å². The monoisotopic (exact) mass is 329 g/mol. The molecule has 0 fully saturated rings. The SMILES string of the molecule is Cn1ncc2c(C(=O)Nc3ccccc3)cc(Br)cc21. The highest BCUT2D eigenvalue weighted by Gasteiger charge is 2.14. The first-order valence-corrected chi connectivity index (χ1v) is 6.92. The Labute approximate surface area is 124 Å². The third kappa shape index (κ3) is 2.32. The first-order valence-electron chi connectivity index (χ1n) is 6.13. The largest absolute Gasteiger partial charge is 0.322 e. The molecule has 0 aliphatic heterocycles. The van der Waals surface area contributed by atoms with E-state index in [-0.39, 0.29) is 5.91 Å². The van der Waals surface area contributed by atoms with Crippen LogP contribution >= 0.6 is 15.9 Å². The lowest BCUT2D eigenvalue weighted by atomic mass is 10.1. The van der Waals surface area contributed by atoms with Crippen molar-refractivity contribution in [1.82, 2.24) is 9.78 Å². The molecule has 1 N–H and O–H groups in total. The second kappa shape index (κ2) is 5.09. The standard InChI is InChI=1S/C15H12BrN3O/c1-19-14-8-10(16)7-12(13(14)9-17-19)15(20)18-11-5-3-2-4-6-11/h2-9H,1H3,(H,18,20). The maximum atomic E-state index is 12.4. The van der Waals surface area contributed by atoms with Gasteiger partial charge < -0.3 is 5.32 Å². The molecule has 5 heteroatoms. The van der Waals surface area contributed by atoms with Crippen LogP contribution in [0.1, 0.15) is 10.4 Å². The highest BCUT2D eigenvalue weighted by molar-refractivity contribution is 9.10. The highest BCUT2D eigenvalue weighted by Crippen LogP contribution is 2.24. The topological polar surface area (TPSA) is 46.9 Å². The van der Waals surface area contributed by atoms with E-state index in [9.17, 15) is 4.79 Å². The van der Waals surface area contributed by atoms with Gasteiger partial charge in [0.2, 0.25) is 0 Å². The summed E-state index contributed by atoms with van der Waals surface area (Å²) in [6.45, 7) is 0. The Kier molecular flexibility index (Phi) is 3.28. The number of benzene rings is 2. The van der Waals surface area contributed by atoms with E-state index < -0.39 is 0 Å². The zero-order valence-electron chi connectivity index (χ0n) is 10.8. The summed E-state index contributed by atoms with van der Waals surface area (Å²) in [4.78, 5) is 12.4. The lowest BCUT2D eigenvalue weighted by Crippen LogP contribution is -2.12. The molecule has 0 bridgehead atoms. The molecule has 0 saturated carbocycles. The molecule has 2 aromatic carbocycles. The quantitative estimate of drug-likeness (QED) is 0.781. The second-order valence-corrected chi connectivity index (χ2v) is 5.39. The van der Waals surface area contributed by atoms with Crippen molar-refractivity contribution in [3.8, 4) is 0 Å². The summed E-state index contributed by atoms with van der Waals surface area (Å²) in [5.41, 5.74) is 2.29. The fraction of sp³-hybridized carbons (Fsp3) is 0.0667. The number of carbonyl (C=O) groups is 1. The average molecular weight is 330 g/mol. The number of amides is 1. The van der Waals surface area contributed by atoms with Gasteiger partial charge in [0.25, 0.3) is 5.91 Å². The molecule has 0 radical (unpaired) electrons. The number of rotatable bonds is 2. The molecular weight excluding hydrogens is 318 g/mol. The average Bonchev–Trinajstić information content (AvgIpc) is 2.81. The van der Waals surface area contributed by atoms with Crippen molar-refractivity contribution >= 4 is 38.4 Å². The molecule has 0 saturated heterocycles. The molecule has 1 amide bonds. The van der Waals surface area contributed by atoms with Crippen LogP contribution in [-0.4, -0.2) is 15.7 Å². The van der Waals surface area contributed by atoms with Gasteiger partial charge in [0.1, 0.15) is 0 Å². The van der Waals surface area contributed by atoms with E-state index in [1.54, 1.807) is 10.9 Å². The van der Waals surface area contributed by atoms with Crippen LogP contribution in [-0.2, 0) is 7.05 Å². The van der Waals surface area contributed by atoms with Crippen molar-refractivity contribution in [3.63, 3.8) is 0 Å². The third-order valence-electron chi connectivity index (χ3n) is 3.11. The number of aryl methyl sites for hydroxylation is 1. The van der Waals surface area contributed by atoms with E-state index in [2.05, 4.69) is 26.3 Å². The summed E-state index contributed by atoms with van der Waals surface area (Å²) < 4.78 is 2.60. The van der Waals surface area contributed by atoms with Gasteiger partial charge in [-0.25, -0.2) is 0 Å². The van der Waals surface area contributed by atoms with E-state index >= 15 is 0 Å². The number of aromatic nitrogens is 2. The summed E-state index contributed by atoms with van der Waals surface area (Å²) in [6, 6.07) is 13.1. The van der Waals surface area contributed by atoms with Crippen LogP contribution in [0.2, 0.25) is 0 Å². The van der Waals surface area contributed by atoms with Crippen LogP contribution in [0.25, 0.3) is 10.9 Å². The number of nitrogens with zero attached hydrogens (tertiary/aromatic N) is 2. The molecule has 3 aromatic rings. The Balaban J connectivity index is 2.03. The Morgan fingerprint density at radius 2 is 2.00 bits per heavy atom. The van der Waals surface area contributed by atoms with Gasteiger partial charge in [-0.3, -0.25) is 9.48 Å². The van der Waals surface area contributed by atoms with Gasteiger partial charge in [0, 0.05) is 22.6 Å². The first-order chi connectivity index (χ1) is 9.65. The number of anilines is 1. The molecular formula is C15H12BrN3O. The Morgan fingerprint density at radius 1 is 1.25 bits per heavy atom. The normalized spacial score (nSPS) is 10.7. The van der Waals surface area contributed by atoms with Crippen LogP contribution < -0.4 is 5.32 Å². The van der Waals surface area contributed by atoms with Gasteiger partial charge in [-0.1, -0.05) is 34.1 Å². The maximum absolute atomic E-state index is 12.4. The van der Waals surface area contributed by atoms with Gasteiger partial charge in [0.05, 0.1) is 17.3 Å². The van der Waals surface area contributed by atoms with Crippen LogP contribution in [0, 0.1) is 0 Å². The summed E-state index contributed by atoms with van der Waals surface area (Å²) >= 11 is 3.43. The van der Waals surface area contributed by atoms with Gasteiger partial charge >= 0.3 is 0 Å². The summed E-state index contributed by atoms with van der Waals surface area (Å²) in [5.74, 6) is -0.143. The molecule has 100 valence electrons. The molecule has 1 aromatic heterocycles. The Hall–Kier alpha value is -2.14.